The summed E-state index contributed by atoms with van der Waals surface area (Å²) in [5.74, 6) is 3.19. The number of hydrogen-bond acceptors (Lipinski definition) is 6. The molecule has 0 spiro atoms. The minimum absolute atomic E-state index is 0.0628. The first-order valence-electron chi connectivity index (χ1n) is 5.82. The van der Waals surface area contributed by atoms with E-state index in [0.717, 1.165) is 27.8 Å². The van der Waals surface area contributed by atoms with Gasteiger partial charge in [-0.1, -0.05) is 6.07 Å². The second kappa shape index (κ2) is 6.30. The van der Waals surface area contributed by atoms with Crippen LogP contribution in [0, 0.1) is 0 Å². The average Bonchev–Trinajstić information content (AvgIpc) is 3.10. The fourth-order valence-electron chi connectivity index (χ4n) is 1.69. The van der Waals surface area contributed by atoms with Gasteiger partial charge in [0.05, 0.1) is 15.8 Å². The molecule has 3 heterocycles. The molecule has 1 amide bonds. The van der Waals surface area contributed by atoms with E-state index in [-0.39, 0.29) is 11.2 Å². The molecule has 0 unspecified atom stereocenters. The predicted octanol–water partition coefficient (Wildman–Crippen LogP) is 3.66. The normalized spacial score (nSPS) is 19.3. The maximum absolute atomic E-state index is 12.1. The van der Waals surface area contributed by atoms with E-state index in [0.29, 0.717) is 5.13 Å². The van der Waals surface area contributed by atoms with Crippen LogP contribution in [0.5, 0.6) is 0 Å². The smallest absolute Gasteiger partial charge is 0.240 e. The van der Waals surface area contributed by atoms with Gasteiger partial charge in [0.25, 0.3) is 0 Å². The highest BCUT2D eigenvalue weighted by atomic mass is 32.2. The van der Waals surface area contributed by atoms with Crippen molar-refractivity contribution in [2.24, 2.45) is 0 Å². The van der Waals surface area contributed by atoms with Crippen molar-refractivity contribution >= 4 is 57.2 Å². The van der Waals surface area contributed by atoms with Crippen molar-refractivity contribution in [3.8, 4) is 10.6 Å². The molecule has 0 radical (unpaired) electrons. The minimum Gasteiger partial charge on any atom is -0.301 e. The average molecular weight is 329 g/mol. The molecule has 1 aliphatic heterocycles. The van der Waals surface area contributed by atoms with Gasteiger partial charge < -0.3 is 5.32 Å². The number of nitrogens with zero attached hydrogens (tertiary/aromatic N) is 1. The van der Waals surface area contributed by atoms with Crippen LogP contribution in [0.25, 0.3) is 10.6 Å². The zero-order chi connectivity index (χ0) is 13.1. The fraction of sp³-hybridized carbons (Fsp3) is 0.333. The first-order valence-corrected chi connectivity index (χ1v) is 9.79. The van der Waals surface area contributed by atoms with E-state index in [1.165, 1.54) is 11.3 Å². The van der Waals surface area contributed by atoms with Crippen molar-refractivity contribution in [3.05, 3.63) is 22.9 Å². The number of anilines is 1. The maximum atomic E-state index is 12.1. The Balaban J connectivity index is 1.65. The standard InChI is InChI=1S/C12H12N2OS4/c15-11(10-7-16-4-5-18-10)14-12-13-8(6-19-12)9-2-1-3-17-9/h1-3,6,10H,4-5,7H2,(H,13,14,15)/t10-/m0/s1. The molecule has 0 aromatic carbocycles. The lowest BCUT2D eigenvalue weighted by molar-refractivity contribution is -0.115. The number of carbonyl (C=O) groups is 1. The molecule has 1 aliphatic rings. The van der Waals surface area contributed by atoms with Gasteiger partial charge in [-0.2, -0.15) is 11.8 Å². The summed E-state index contributed by atoms with van der Waals surface area (Å²) < 4.78 is 0. The fourth-order valence-corrected chi connectivity index (χ4v) is 5.72. The van der Waals surface area contributed by atoms with Crippen LogP contribution in [0.15, 0.2) is 22.9 Å². The summed E-state index contributed by atoms with van der Waals surface area (Å²) in [6, 6.07) is 4.05. The number of hydrogen-bond donors (Lipinski definition) is 1. The highest BCUT2D eigenvalue weighted by molar-refractivity contribution is 8.07. The van der Waals surface area contributed by atoms with Crippen molar-refractivity contribution in [2.75, 3.05) is 22.6 Å². The molecular weight excluding hydrogens is 316 g/mol. The van der Waals surface area contributed by atoms with Crippen LogP contribution in [0.1, 0.15) is 0 Å². The zero-order valence-corrected chi connectivity index (χ0v) is 13.3. The van der Waals surface area contributed by atoms with Crippen LogP contribution in [0.3, 0.4) is 0 Å². The van der Waals surface area contributed by atoms with Crippen LogP contribution in [-0.2, 0) is 4.79 Å². The van der Waals surface area contributed by atoms with Gasteiger partial charge in [0.1, 0.15) is 0 Å². The SMILES string of the molecule is O=C(Nc1nc(-c2cccs2)cs1)[C@@H]1CSCCS1. The summed E-state index contributed by atoms with van der Waals surface area (Å²) in [7, 11) is 0. The molecule has 1 fully saturated rings. The Kier molecular flexibility index (Phi) is 4.47. The number of thiophene rings is 1. The number of thiazole rings is 1. The Morgan fingerprint density at radius 2 is 2.32 bits per heavy atom. The summed E-state index contributed by atoms with van der Waals surface area (Å²) >= 11 is 6.74. The second-order valence-corrected chi connectivity index (χ2v) is 8.21. The van der Waals surface area contributed by atoms with Gasteiger partial charge >= 0.3 is 0 Å². The Bertz CT molecular complexity index is 546. The molecule has 3 nitrogen and oxygen atoms in total. The van der Waals surface area contributed by atoms with Crippen LogP contribution in [0.4, 0.5) is 5.13 Å². The van der Waals surface area contributed by atoms with E-state index in [2.05, 4.69) is 10.3 Å². The first-order chi connectivity index (χ1) is 9.33. The summed E-state index contributed by atoms with van der Waals surface area (Å²) in [6.45, 7) is 0. The van der Waals surface area contributed by atoms with Gasteiger partial charge in [-0.05, 0) is 11.4 Å². The molecule has 19 heavy (non-hydrogen) atoms. The van der Waals surface area contributed by atoms with E-state index in [1.807, 2.05) is 34.7 Å². The third-order valence-electron chi connectivity index (χ3n) is 2.62. The van der Waals surface area contributed by atoms with E-state index < -0.39 is 0 Å². The number of carbonyl (C=O) groups excluding carboxylic acids is 1. The molecule has 7 heteroatoms. The van der Waals surface area contributed by atoms with E-state index in [1.54, 1.807) is 23.1 Å². The number of amides is 1. The summed E-state index contributed by atoms with van der Waals surface area (Å²) in [5, 5.41) is 7.72. The molecule has 1 atom stereocenters. The van der Waals surface area contributed by atoms with Crippen molar-refractivity contribution in [2.45, 2.75) is 5.25 Å². The van der Waals surface area contributed by atoms with E-state index in [9.17, 15) is 4.79 Å². The molecule has 0 bridgehead atoms. The largest absolute Gasteiger partial charge is 0.301 e. The molecule has 1 saturated heterocycles. The van der Waals surface area contributed by atoms with Crippen LogP contribution < -0.4 is 5.32 Å². The summed E-state index contributed by atoms with van der Waals surface area (Å²) in [6.07, 6.45) is 0. The van der Waals surface area contributed by atoms with Gasteiger partial charge in [-0.25, -0.2) is 4.98 Å². The molecule has 2 aromatic rings. The zero-order valence-electron chi connectivity index (χ0n) is 10.00. The van der Waals surface area contributed by atoms with Crippen LogP contribution in [0.2, 0.25) is 0 Å². The van der Waals surface area contributed by atoms with Crippen LogP contribution >= 0.6 is 46.2 Å². The Labute approximate surface area is 128 Å². The first kappa shape index (κ1) is 13.5. The van der Waals surface area contributed by atoms with Crippen molar-refractivity contribution in [3.63, 3.8) is 0 Å². The number of nitrogens with one attached hydrogen (secondary N) is 1. The monoisotopic (exact) mass is 328 g/mol. The number of rotatable bonds is 3. The molecular formula is C12H12N2OS4. The van der Waals surface area contributed by atoms with Crippen molar-refractivity contribution < 1.29 is 4.79 Å². The molecule has 1 N–H and O–H groups in total. The molecule has 100 valence electrons. The number of aromatic nitrogens is 1. The van der Waals surface area contributed by atoms with Gasteiger partial charge in [0.15, 0.2) is 5.13 Å². The number of thioether (sulfide) groups is 2. The van der Waals surface area contributed by atoms with Gasteiger partial charge in [0, 0.05) is 22.6 Å². The van der Waals surface area contributed by atoms with E-state index >= 15 is 0 Å². The summed E-state index contributed by atoms with van der Waals surface area (Å²) in [4.78, 5) is 17.7. The van der Waals surface area contributed by atoms with Gasteiger partial charge in [-0.15, -0.1) is 34.4 Å². The maximum Gasteiger partial charge on any atom is 0.240 e. The lowest BCUT2D eigenvalue weighted by atomic mass is 10.4. The Hall–Kier alpha value is -0.500. The third-order valence-corrected chi connectivity index (χ3v) is 7.02. The Morgan fingerprint density at radius 1 is 1.37 bits per heavy atom. The van der Waals surface area contributed by atoms with Gasteiger partial charge in [-0.3, -0.25) is 4.79 Å². The van der Waals surface area contributed by atoms with E-state index in [4.69, 9.17) is 0 Å². The van der Waals surface area contributed by atoms with Crippen molar-refractivity contribution in [1.82, 2.24) is 4.98 Å². The van der Waals surface area contributed by atoms with Crippen LogP contribution in [-0.4, -0.2) is 33.4 Å². The second-order valence-electron chi connectivity index (χ2n) is 3.94. The lowest BCUT2D eigenvalue weighted by Gasteiger charge is -2.19. The summed E-state index contributed by atoms with van der Waals surface area (Å²) in [5.41, 5.74) is 0.945. The highest BCUT2D eigenvalue weighted by Gasteiger charge is 2.23. The van der Waals surface area contributed by atoms with Gasteiger partial charge in [0.2, 0.25) is 5.91 Å². The lowest BCUT2D eigenvalue weighted by Crippen LogP contribution is -2.30. The highest BCUT2D eigenvalue weighted by Crippen LogP contribution is 2.29. The molecule has 0 aliphatic carbocycles. The van der Waals surface area contributed by atoms with Crippen molar-refractivity contribution in [1.29, 1.82) is 0 Å². The topological polar surface area (TPSA) is 42.0 Å². The quantitative estimate of drug-likeness (QED) is 0.934. The molecule has 2 aromatic heterocycles. The Morgan fingerprint density at radius 3 is 3.05 bits per heavy atom. The molecule has 0 saturated carbocycles. The predicted molar refractivity (Wildman–Crippen MR) is 87.6 cm³/mol. The minimum atomic E-state index is 0.0628. The third kappa shape index (κ3) is 3.34. The molecule has 3 rings (SSSR count).